The van der Waals surface area contributed by atoms with Gasteiger partial charge in [-0.05, 0) is 49.9 Å². The molecule has 0 unspecified atom stereocenters. The highest BCUT2D eigenvalue weighted by Crippen LogP contribution is 2.37. The van der Waals surface area contributed by atoms with Crippen LogP contribution in [-0.2, 0) is 17.9 Å². The second kappa shape index (κ2) is 9.31. The van der Waals surface area contributed by atoms with Crippen LogP contribution in [0.2, 0.25) is 25.7 Å². The molecular weight excluding hydrogens is 421 g/mol. The van der Waals surface area contributed by atoms with Crippen LogP contribution in [0.15, 0.2) is 24.3 Å². The van der Waals surface area contributed by atoms with Crippen molar-refractivity contribution < 1.29 is 13.9 Å². The molecule has 0 saturated heterocycles. The van der Waals surface area contributed by atoms with E-state index < -0.39 is 8.07 Å². The third-order valence-corrected chi connectivity index (χ3v) is 7.61. The lowest BCUT2D eigenvalue weighted by Gasteiger charge is -2.17. The van der Waals surface area contributed by atoms with Crippen molar-refractivity contribution in [3.05, 3.63) is 41.6 Å². The quantitative estimate of drug-likeness (QED) is 0.269. The van der Waals surface area contributed by atoms with Gasteiger partial charge in [-0.1, -0.05) is 26.6 Å². The molecule has 3 aromatic rings. The molecule has 4 rings (SSSR count). The van der Waals surface area contributed by atoms with Crippen molar-refractivity contribution in [2.75, 3.05) is 13.2 Å². The van der Waals surface area contributed by atoms with Gasteiger partial charge in [0.2, 0.25) is 0 Å². The van der Waals surface area contributed by atoms with Crippen molar-refractivity contribution in [2.45, 2.75) is 65.5 Å². The lowest BCUT2D eigenvalue weighted by Crippen LogP contribution is -2.22. The smallest absolute Gasteiger partial charge is 0.131 e. The lowest BCUT2D eigenvalue weighted by atomic mass is 10.1. The van der Waals surface area contributed by atoms with Crippen molar-refractivity contribution >= 4 is 19.1 Å². The van der Waals surface area contributed by atoms with Gasteiger partial charge in [-0.15, -0.1) is 0 Å². The summed E-state index contributed by atoms with van der Waals surface area (Å²) in [6.07, 6.45) is 3.08. The second-order valence-corrected chi connectivity index (χ2v) is 15.7. The van der Waals surface area contributed by atoms with Crippen molar-refractivity contribution in [3.63, 3.8) is 0 Å². The van der Waals surface area contributed by atoms with Crippen molar-refractivity contribution in [3.8, 4) is 17.0 Å². The second-order valence-electron chi connectivity index (χ2n) is 10.0. The molecule has 5 nitrogen and oxygen atoms in total. The minimum atomic E-state index is -1.16. The maximum absolute atomic E-state index is 14.1. The van der Waals surface area contributed by atoms with Gasteiger partial charge in [0.15, 0.2) is 0 Å². The van der Waals surface area contributed by atoms with Crippen LogP contribution in [0, 0.1) is 18.7 Å². The van der Waals surface area contributed by atoms with E-state index in [1.165, 1.54) is 25.0 Å². The van der Waals surface area contributed by atoms with Crippen LogP contribution in [0.1, 0.15) is 31.3 Å². The summed E-state index contributed by atoms with van der Waals surface area (Å²) >= 11 is 0. The molecule has 172 valence electrons. The van der Waals surface area contributed by atoms with Crippen LogP contribution in [0.3, 0.4) is 0 Å². The SMILES string of the molecule is CCc1nc(-c2ccc(F)cc2OCC2CC2)c2c(cc(C)n2COCC[Si](C)(C)C)n1. The molecule has 0 spiro atoms. The van der Waals surface area contributed by atoms with Crippen LogP contribution in [0.25, 0.3) is 22.3 Å². The third kappa shape index (κ3) is 5.38. The molecule has 0 aliphatic heterocycles. The number of aryl methyl sites for hydroxylation is 2. The first-order chi connectivity index (χ1) is 15.2. The van der Waals surface area contributed by atoms with E-state index >= 15 is 0 Å². The molecule has 0 N–H and O–H groups in total. The Hall–Kier alpha value is -2.25. The first-order valence-corrected chi connectivity index (χ1v) is 15.3. The number of halogens is 1. The summed E-state index contributed by atoms with van der Waals surface area (Å²) in [5.74, 6) is 1.58. The maximum atomic E-state index is 14.1. The van der Waals surface area contributed by atoms with E-state index in [1.54, 1.807) is 6.07 Å². The zero-order chi connectivity index (χ0) is 22.9. The van der Waals surface area contributed by atoms with Gasteiger partial charge in [-0.25, -0.2) is 14.4 Å². The van der Waals surface area contributed by atoms with Gasteiger partial charge < -0.3 is 14.0 Å². The molecule has 0 atom stereocenters. The Labute approximate surface area is 191 Å². The van der Waals surface area contributed by atoms with Crippen molar-refractivity contribution in [1.29, 1.82) is 0 Å². The minimum Gasteiger partial charge on any atom is -0.492 e. The summed E-state index contributed by atoms with van der Waals surface area (Å²) in [7, 11) is -1.16. The van der Waals surface area contributed by atoms with Gasteiger partial charge in [-0.2, -0.15) is 0 Å². The van der Waals surface area contributed by atoms with Crippen LogP contribution in [0.4, 0.5) is 4.39 Å². The van der Waals surface area contributed by atoms with E-state index in [-0.39, 0.29) is 5.82 Å². The van der Waals surface area contributed by atoms with E-state index in [4.69, 9.17) is 19.4 Å². The Morgan fingerprint density at radius 2 is 1.94 bits per heavy atom. The van der Waals surface area contributed by atoms with Gasteiger partial charge in [0.1, 0.15) is 29.8 Å². The molecule has 1 saturated carbocycles. The van der Waals surface area contributed by atoms with Gasteiger partial charge in [-0.3, -0.25) is 0 Å². The van der Waals surface area contributed by atoms with Crippen LogP contribution < -0.4 is 4.74 Å². The normalized spacial score (nSPS) is 14.3. The molecular formula is C25H34FN3O2Si. The molecule has 0 amide bonds. The Balaban J connectivity index is 1.75. The molecule has 1 aliphatic rings. The average Bonchev–Trinajstić information content (AvgIpc) is 3.51. The number of hydrogen-bond donors (Lipinski definition) is 0. The molecule has 2 heterocycles. The third-order valence-electron chi connectivity index (χ3n) is 5.90. The summed E-state index contributed by atoms with van der Waals surface area (Å²) in [4.78, 5) is 9.65. The molecule has 7 heteroatoms. The van der Waals surface area contributed by atoms with E-state index in [1.807, 2.05) is 6.92 Å². The van der Waals surface area contributed by atoms with Crippen molar-refractivity contribution in [1.82, 2.24) is 14.5 Å². The summed E-state index contributed by atoms with van der Waals surface area (Å²) in [6, 6.07) is 7.92. The summed E-state index contributed by atoms with van der Waals surface area (Å²) in [6.45, 7) is 13.0. The molecule has 2 aromatic heterocycles. The fourth-order valence-corrected chi connectivity index (χ4v) is 4.45. The fraction of sp³-hybridized carbons (Fsp3) is 0.520. The Kier molecular flexibility index (Phi) is 6.67. The molecule has 1 fully saturated rings. The number of rotatable bonds is 10. The zero-order valence-electron chi connectivity index (χ0n) is 19.9. The molecule has 32 heavy (non-hydrogen) atoms. The van der Waals surface area contributed by atoms with Gasteiger partial charge >= 0.3 is 0 Å². The largest absolute Gasteiger partial charge is 0.492 e. The van der Waals surface area contributed by atoms with E-state index in [2.05, 4.69) is 37.2 Å². The molecule has 1 aliphatic carbocycles. The number of ether oxygens (including phenoxy) is 2. The van der Waals surface area contributed by atoms with Gasteiger partial charge in [0.25, 0.3) is 0 Å². The zero-order valence-corrected chi connectivity index (χ0v) is 20.9. The number of fused-ring (bicyclic) bond motifs is 1. The predicted octanol–water partition coefficient (Wildman–Crippen LogP) is 6.21. The first kappa shape index (κ1) is 22.9. The Bertz CT molecular complexity index is 1100. The standard InChI is InChI=1S/C25H34FN3O2Si/c1-6-23-27-21-13-17(2)29(16-30-11-12-32(3,4)5)25(21)24(28-23)20-10-9-19(26)14-22(20)31-15-18-7-8-18/h9-10,13-14,18H,6-8,11-12,15-16H2,1-5H3. The van der Waals surface area contributed by atoms with E-state index in [0.717, 1.165) is 52.9 Å². The lowest BCUT2D eigenvalue weighted by molar-refractivity contribution is 0.0890. The highest BCUT2D eigenvalue weighted by Gasteiger charge is 2.24. The van der Waals surface area contributed by atoms with Crippen LogP contribution >= 0.6 is 0 Å². The van der Waals surface area contributed by atoms with E-state index in [9.17, 15) is 4.39 Å². The van der Waals surface area contributed by atoms with Crippen molar-refractivity contribution in [2.24, 2.45) is 5.92 Å². The highest BCUT2D eigenvalue weighted by atomic mass is 28.3. The monoisotopic (exact) mass is 455 g/mol. The molecule has 0 radical (unpaired) electrons. The highest BCUT2D eigenvalue weighted by molar-refractivity contribution is 6.76. The Morgan fingerprint density at radius 3 is 2.62 bits per heavy atom. The number of hydrogen-bond acceptors (Lipinski definition) is 4. The number of aromatic nitrogens is 3. The molecule has 0 bridgehead atoms. The first-order valence-electron chi connectivity index (χ1n) is 11.6. The topological polar surface area (TPSA) is 49.2 Å². The summed E-state index contributed by atoms with van der Waals surface area (Å²) < 4.78 is 28.4. The summed E-state index contributed by atoms with van der Waals surface area (Å²) in [5.41, 5.74) is 4.45. The fourth-order valence-electron chi connectivity index (χ4n) is 3.69. The molecule has 1 aromatic carbocycles. The average molecular weight is 456 g/mol. The van der Waals surface area contributed by atoms with E-state index in [0.29, 0.717) is 25.0 Å². The maximum Gasteiger partial charge on any atom is 0.131 e. The minimum absolute atomic E-state index is 0.304. The Morgan fingerprint density at radius 1 is 1.16 bits per heavy atom. The van der Waals surface area contributed by atoms with Crippen LogP contribution in [-0.4, -0.2) is 35.8 Å². The predicted molar refractivity (Wildman–Crippen MR) is 129 cm³/mol. The number of nitrogens with zero attached hydrogens (tertiary/aromatic N) is 3. The van der Waals surface area contributed by atoms with Crippen LogP contribution in [0.5, 0.6) is 5.75 Å². The summed E-state index contributed by atoms with van der Waals surface area (Å²) in [5, 5.41) is 0. The van der Waals surface area contributed by atoms with Gasteiger partial charge in [0, 0.05) is 38.4 Å². The van der Waals surface area contributed by atoms with Gasteiger partial charge in [0.05, 0.1) is 17.6 Å². The number of benzene rings is 1.